The maximum absolute atomic E-state index is 12.1. The van der Waals surface area contributed by atoms with E-state index in [-0.39, 0.29) is 22.7 Å². The average Bonchev–Trinajstić information content (AvgIpc) is 3.00. The zero-order valence-electron chi connectivity index (χ0n) is 23.3. The molecule has 5 aromatic carbocycles. The highest BCUT2D eigenvalue weighted by Gasteiger charge is 2.22. The summed E-state index contributed by atoms with van der Waals surface area (Å²) < 4.78 is 34.0. The molecular formula is C31H25N5O7S. The fourth-order valence-electron chi connectivity index (χ4n) is 4.32. The van der Waals surface area contributed by atoms with Crippen molar-refractivity contribution < 1.29 is 33.1 Å². The van der Waals surface area contributed by atoms with E-state index >= 15 is 0 Å². The van der Waals surface area contributed by atoms with Crippen LogP contribution >= 0.6 is 0 Å². The van der Waals surface area contributed by atoms with E-state index in [1.165, 1.54) is 24.3 Å². The second-order valence-electron chi connectivity index (χ2n) is 9.85. The van der Waals surface area contributed by atoms with Crippen molar-refractivity contribution in [2.24, 2.45) is 20.5 Å². The Labute approximate surface area is 251 Å². The molecule has 0 aliphatic heterocycles. The topological polar surface area (TPSA) is 185 Å². The second kappa shape index (κ2) is 11.9. The Kier molecular flexibility index (Phi) is 8.07. The zero-order valence-corrected chi connectivity index (χ0v) is 24.1. The standard InChI is InChI=1S/C31H25N5O7S/c1-36(2)24-13-7-20-15-28(44(41,42)43)29(30(38)25(20)17-24)35-33-22-10-5-19(6-11-22)18-3-8-21(9-4-18)32-34-23-12-14-27(37)26(16-23)31(39)40/h3-17,37-38H,1-2H3,(H,39,40)(H,41,42,43). The normalized spacial score (nSPS) is 11.9. The van der Waals surface area contributed by atoms with Gasteiger partial charge in [-0.3, -0.25) is 4.55 Å². The molecule has 0 atom stereocenters. The van der Waals surface area contributed by atoms with Crippen LogP contribution in [-0.4, -0.2) is 48.4 Å². The number of aromatic hydroxyl groups is 2. The minimum absolute atomic E-state index is 0.271. The molecule has 5 aromatic rings. The van der Waals surface area contributed by atoms with Gasteiger partial charge in [0.1, 0.15) is 21.9 Å². The number of azo groups is 2. The van der Waals surface area contributed by atoms with E-state index < -0.39 is 26.7 Å². The number of phenolic OH excluding ortho intramolecular Hbond substituents is 1. The Balaban J connectivity index is 1.37. The van der Waals surface area contributed by atoms with E-state index in [0.717, 1.165) is 16.8 Å². The lowest BCUT2D eigenvalue weighted by Crippen LogP contribution is -2.08. The first-order chi connectivity index (χ1) is 20.9. The highest BCUT2D eigenvalue weighted by Crippen LogP contribution is 2.42. The van der Waals surface area contributed by atoms with Crippen LogP contribution in [0.15, 0.2) is 116 Å². The van der Waals surface area contributed by atoms with Crippen molar-refractivity contribution in [1.29, 1.82) is 0 Å². The van der Waals surface area contributed by atoms with E-state index in [4.69, 9.17) is 5.11 Å². The smallest absolute Gasteiger partial charge is 0.339 e. The monoisotopic (exact) mass is 611 g/mol. The fraction of sp³-hybridized carbons (Fsp3) is 0.0645. The average molecular weight is 612 g/mol. The summed E-state index contributed by atoms with van der Waals surface area (Å²) in [4.78, 5) is 12.5. The minimum Gasteiger partial charge on any atom is -0.507 e. The number of nitrogens with zero attached hydrogens (tertiary/aromatic N) is 5. The summed E-state index contributed by atoms with van der Waals surface area (Å²) in [7, 11) is -1.07. The van der Waals surface area contributed by atoms with Gasteiger partial charge in [-0.1, -0.05) is 30.3 Å². The maximum atomic E-state index is 12.1. The number of benzene rings is 5. The molecule has 0 saturated heterocycles. The Hall–Kier alpha value is -5.66. The quantitative estimate of drug-likeness (QED) is 0.101. The summed E-state index contributed by atoms with van der Waals surface area (Å²) in [5, 5.41) is 46.7. The molecule has 0 fully saturated rings. The van der Waals surface area contributed by atoms with Crippen molar-refractivity contribution in [2.75, 3.05) is 19.0 Å². The number of hydrogen-bond acceptors (Lipinski definition) is 10. The van der Waals surface area contributed by atoms with E-state index in [9.17, 15) is 28.0 Å². The van der Waals surface area contributed by atoms with Gasteiger partial charge in [0.05, 0.1) is 17.1 Å². The molecule has 13 heteroatoms. The lowest BCUT2D eigenvalue weighted by Gasteiger charge is -2.15. The van der Waals surface area contributed by atoms with Gasteiger partial charge < -0.3 is 20.2 Å². The van der Waals surface area contributed by atoms with Crippen LogP contribution in [0.25, 0.3) is 21.9 Å². The summed E-state index contributed by atoms with van der Waals surface area (Å²) >= 11 is 0. The van der Waals surface area contributed by atoms with E-state index in [1.807, 2.05) is 31.1 Å². The molecule has 0 saturated carbocycles. The molecule has 0 aliphatic carbocycles. The molecule has 0 aromatic heterocycles. The molecule has 0 radical (unpaired) electrons. The van der Waals surface area contributed by atoms with Crippen molar-refractivity contribution in [1.82, 2.24) is 0 Å². The molecular weight excluding hydrogens is 586 g/mol. The van der Waals surface area contributed by atoms with Gasteiger partial charge in [-0.05, 0) is 77.2 Å². The van der Waals surface area contributed by atoms with Crippen LogP contribution < -0.4 is 4.90 Å². The molecule has 44 heavy (non-hydrogen) atoms. The third kappa shape index (κ3) is 6.38. The van der Waals surface area contributed by atoms with Gasteiger partial charge in [0, 0.05) is 25.2 Å². The van der Waals surface area contributed by atoms with Gasteiger partial charge in [0.2, 0.25) is 0 Å². The first kappa shape index (κ1) is 29.8. The lowest BCUT2D eigenvalue weighted by molar-refractivity contribution is 0.0693. The first-order valence-corrected chi connectivity index (χ1v) is 14.4. The predicted octanol–water partition coefficient (Wildman–Crippen LogP) is 7.76. The van der Waals surface area contributed by atoms with Crippen molar-refractivity contribution in [3.63, 3.8) is 0 Å². The van der Waals surface area contributed by atoms with Crippen LogP contribution in [-0.2, 0) is 10.1 Å². The van der Waals surface area contributed by atoms with Crippen molar-refractivity contribution in [3.05, 3.63) is 96.6 Å². The van der Waals surface area contributed by atoms with Gasteiger partial charge in [-0.2, -0.15) is 23.8 Å². The third-order valence-corrected chi connectivity index (χ3v) is 7.52. The summed E-state index contributed by atoms with van der Waals surface area (Å²) in [6, 6.07) is 24.2. The highest BCUT2D eigenvalue weighted by atomic mass is 32.2. The summed E-state index contributed by atoms with van der Waals surface area (Å²) in [5.41, 5.74) is 2.97. The number of carbonyl (C=O) groups is 1. The highest BCUT2D eigenvalue weighted by molar-refractivity contribution is 7.86. The molecule has 12 nitrogen and oxygen atoms in total. The molecule has 0 amide bonds. The van der Waals surface area contributed by atoms with Gasteiger partial charge in [-0.15, -0.1) is 5.11 Å². The number of fused-ring (bicyclic) bond motifs is 1. The van der Waals surface area contributed by atoms with Gasteiger partial charge in [-0.25, -0.2) is 4.79 Å². The molecule has 0 bridgehead atoms. The summed E-state index contributed by atoms with van der Waals surface area (Å²) in [6.45, 7) is 0. The summed E-state index contributed by atoms with van der Waals surface area (Å²) in [5.74, 6) is -2.06. The van der Waals surface area contributed by atoms with Crippen molar-refractivity contribution >= 4 is 55.3 Å². The third-order valence-electron chi connectivity index (χ3n) is 6.66. The Morgan fingerprint density at radius 1 is 0.705 bits per heavy atom. The molecule has 0 unspecified atom stereocenters. The molecule has 5 rings (SSSR count). The van der Waals surface area contributed by atoms with E-state index in [0.29, 0.717) is 22.1 Å². The number of aromatic carboxylic acids is 1. The van der Waals surface area contributed by atoms with Gasteiger partial charge in [0.25, 0.3) is 10.1 Å². The molecule has 0 heterocycles. The van der Waals surface area contributed by atoms with Crippen LogP contribution in [0, 0.1) is 0 Å². The molecule has 0 spiro atoms. The first-order valence-electron chi connectivity index (χ1n) is 13.0. The molecule has 0 aliphatic rings. The SMILES string of the molecule is CN(C)c1ccc2cc(S(=O)(=O)O)c(N=Nc3ccc(-c4ccc(N=Nc5ccc(O)c(C(=O)O)c5)cc4)cc3)c(O)c2c1. The van der Waals surface area contributed by atoms with Gasteiger partial charge in [0.15, 0.2) is 5.75 Å². The van der Waals surface area contributed by atoms with Crippen molar-refractivity contribution in [3.8, 4) is 22.6 Å². The number of hydrogen-bond donors (Lipinski definition) is 4. The van der Waals surface area contributed by atoms with E-state index in [1.54, 1.807) is 54.6 Å². The number of carboxylic acids is 1. The lowest BCUT2D eigenvalue weighted by atomic mass is 10.1. The largest absolute Gasteiger partial charge is 0.507 e. The Morgan fingerprint density at radius 2 is 1.25 bits per heavy atom. The number of anilines is 1. The van der Waals surface area contributed by atoms with E-state index in [2.05, 4.69) is 20.5 Å². The zero-order chi connectivity index (χ0) is 31.6. The summed E-state index contributed by atoms with van der Waals surface area (Å²) in [6.07, 6.45) is 0. The van der Waals surface area contributed by atoms with Crippen LogP contribution in [0.2, 0.25) is 0 Å². The second-order valence-corrected chi connectivity index (χ2v) is 11.2. The fourth-order valence-corrected chi connectivity index (χ4v) is 4.98. The Bertz CT molecular complexity index is 2060. The van der Waals surface area contributed by atoms with Gasteiger partial charge >= 0.3 is 5.97 Å². The number of phenols is 2. The molecule has 222 valence electrons. The van der Waals surface area contributed by atoms with Crippen LogP contribution in [0.4, 0.5) is 28.4 Å². The van der Waals surface area contributed by atoms with Crippen molar-refractivity contribution in [2.45, 2.75) is 4.90 Å². The number of rotatable bonds is 8. The maximum Gasteiger partial charge on any atom is 0.339 e. The number of carboxylic acid groups (broad SMARTS) is 1. The Morgan fingerprint density at radius 3 is 1.80 bits per heavy atom. The predicted molar refractivity (Wildman–Crippen MR) is 165 cm³/mol. The molecule has 4 N–H and O–H groups in total. The minimum atomic E-state index is -4.72. The van der Waals surface area contributed by atoms with Crippen LogP contribution in [0.1, 0.15) is 10.4 Å². The van der Waals surface area contributed by atoms with Crippen LogP contribution in [0.5, 0.6) is 11.5 Å². The van der Waals surface area contributed by atoms with Crippen LogP contribution in [0.3, 0.4) is 0 Å².